The number of rotatable bonds is 3. The number of nitrogens with zero attached hydrogens (tertiary/aromatic N) is 3. The van der Waals surface area contributed by atoms with Gasteiger partial charge in [-0.25, -0.2) is 0 Å². The average molecular weight is 300 g/mol. The molecule has 0 spiro atoms. The Morgan fingerprint density at radius 2 is 1.84 bits per heavy atom. The van der Waals surface area contributed by atoms with Crippen LogP contribution in [0.4, 0.5) is 13.2 Å². The van der Waals surface area contributed by atoms with Gasteiger partial charge in [0.05, 0.1) is 5.56 Å². The minimum absolute atomic E-state index is 0.0598. The van der Waals surface area contributed by atoms with Crippen LogP contribution in [-0.2, 0) is 17.5 Å². The second kappa shape index (κ2) is 7.13. The molecule has 5 nitrogen and oxygen atoms in total. The summed E-state index contributed by atoms with van der Waals surface area (Å²) in [6.45, 7) is 1.75. The van der Waals surface area contributed by atoms with E-state index in [1.165, 1.54) is 4.90 Å². The van der Waals surface area contributed by atoms with Gasteiger partial charge in [0, 0.05) is 20.6 Å². The van der Waals surface area contributed by atoms with Gasteiger partial charge in [-0.05, 0) is 6.92 Å². The highest BCUT2D eigenvalue weighted by atomic mass is 35.5. The molecule has 0 atom stereocenters. The normalized spacial score (nSPS) is 10.5. The Hall–Kier alpha value is -1.57. The molecule has 0 aliphatic carbocycles. The van der Waals surface area contributed by atoms with Crippen molar-refractivity contribution in [3.8, 4) is 0 Å². The highest BCUT2D eigenvalue weighted by Crippen LogP contribution is 2.33. The second-order valence-corrected chi connectivity index (χ2v) is 3.91. The fraction of sp³-hybridized carbons (Fsp3) is 0.500. The van der Waals surface area contributed by atoms with Crippen LogP contribution in [0.1, 0.15) is 23.0 Å². The molecule has 1 amide bonds. The highest BCUT2D eigenvalue weighted by molar-refractivity contribution is 6.32. The maximum absolute atomic E-state index is 12.3. The number of hydrogen-bond donors (Lipinski definition) is 0. The Morgan fingerprint density at radius 1 is 1.37 bits per heavy atom. The molecule has 0 N–H and O–H groups in total. The lowest BCUT2D eigenvalue weighted by atomic mass is 10.2. The van der Waals surface area contributed by atoms with Crippen molar-refractivity contribution in [1.82, 2.24) is 14.7 Å². The van der Waals surface area contributed by atoms with Crippen LogP contribution >= 0.6 is 11.6 Å². The zero-order valence-electron chi connectivity index (χ0n) is 10.5. The molecule has 0 unspecified atom stereocenters. The molecule has 9 heteroatoms. The Morgan fingerprint density at radius 3 is 2.05 bits per heavy atom. The quantitative estimate of drug-likeness (QED) is 0.803. The van der Waals surface area contributed by atoms with Crippen molar-refractivity contribution in [2.75, 3.05) is 14.1 Å². The predicted octanol–water partition coefficient (Wildman–Crippen LogP) is 2.09. The Balaban J connectivity index is 0.000000555. The topological polar surface area (TPSA) is 55.2 Å². The lowest BCUT2D eigenvalue weighted by Gasteiger charge is -2.01. The monoisotopic (exact) mass is 299 g/mol. The smallest absolute Gasteiger partial charge is 0.351 e. The number of alkyl halides is 3. The molecular weight excluding hydrogens is 287 g/mol. The summed E-state index contributed by atoms with van der Waals surface area (Å²) in [7, 11) is 3.38. The van der Waals surface area contributed by atoms with Gasteiger partial charge in [-0.15, -0.1) is 0 Å². The number of carbonyl (C=O) groups is 2. The van der Waals surface area contributed by atoms with E-state index in [2.05, 4.69) is 5.10 Å². The van der Waals surface area contributed by atoms with E-state index in [4.69, 9.17) is 11.6 Å². The fourth-order valence-corrected chi connectivity index (χ4v) is 1.27. The van der Waals surface area contributed by atoms with Crippen LogP contribution in [0.5, 0.6) is 0 Å². The summed E-state index contributed by atoms with van der Waals surface area (Å²) >= 11 is 5.51. The molecule has 0 aliphatic rings. The zero-order valence-corrected chi connectivity index (χ0v) is 11.3. The molecule has 0 aliphatic heterocycles. The van der Waals surface area contributed by atoms with Gasteiger partial charge in [0.15, 0.2) is 12.0 Å². The van der Waals surface area contributed by atoms with Crippen LogP contribution in [-0.4, -0.2) is 41.5 Å². The zero-order chi connectivity index (χ0) is 15.2. The van der Waals surface area contributed by atoms with E-state index in [1.54, 1.807) is 21.0 Å². The molecule has 1 rings (SSSR count). The van der Waals surface area contributed by atoms with Crippen molar-refractivity contribution >= 4 is 24.3 Å². The Labute approximate surface area is 112 Å². The van der Waals surface area contributed by atoms with Gasteiger partial charge in [0.25, 0.3) is 0 Å². The third kappa shape index (κ3) is 4.90. The Kier molecular flexibility index (Phi) is 6.54. The maximum atomic E-state index is 12.3. The van der Waals surface area contributed by atoms with Crippen LogP contribution in [0.15, 0.2) is 0 Å². The van der Waals surface area contributed by atoms with E-state index in [1.807, 2.05) is 0 Å². The van der Waals surface area contributed by atoms with Crippen molar-refractivity contribution in [2.24, 2.45) is 0 Å². The van der Waals surface area contributed by atoms with E-state index in [9.17, 15) is 22.8 Å². The summed E-state index contributed by atoms with van der Waals surface area (Å²) in [5, 5.41) is 2.92. The van der Waals surface area contributed by atoms with E-state index in [0.717, 1.165) is 11.1 Å². The summed E-state index contributed by atoms with van der Waals surface area (Å²) in [5.41, 5.74) is -1.85. The van der Waals surface area contributed by atoms with Gasteiger partial charge in [0.1, 0.15) is 5.15 Å². The van der Waals surface area contributed by atoms with Gasteiger partial charge >= 0.3 is 6.18 Å². The molecule has 0 saturated heterocycles. The van der Waals surface area contributed by atoms with Crippen LogP contribution in [0.2, 0.25) is 5.15 Å². The molecule has 19 heavy (non-hydrogen) atoms. The van der Waals surface area contributed by atoms with Crippen LogP contribution < -0.4 is 0 Å². The van der Waals surface area contributed by atoms with E-state index in [-0.39, 0.29) is 18.0 Å². The first kappa shape index (κ1) is 17.4. The number of carbonyl (C=O) groups excluding carboxylic acids is 2. The maximum Gasteiger partial charge on any atom is 0.435 e. The molecule has 1 aromatic rings. The molecule has 0 fully saturated rings. The first-order valence-electron chi connectivity index (χ1n) is 5.09. The van der Waals surface area contributed by atoms with Crippen LogP contribution in [0.25, 0.3) is 0 Å². The highest BCUT2D eigenvalue weighted by Gasteiger charge is 2.38. The number of aryl methyl sites for hydroxylation is 1. The standard InChI is InChI=1S/C7H6ClF3N2O.C3H7NO/c1-2-13-6(8)4(3-14)5(12-13)7(9,10)11;1-4(2)3-5/h3H,2H2,1H3;3H,1-2H3. The van der Waals surface area contributed by atoms with Gasteiger partial charge in [0.2, 0.25) is 6.41 Å². The number of aromatic nitrogens is 2. The van der Waals surface area contributed by atoms with E-state index in [0.29, 0.717) is 0 Å². The molecule has 0 aromatic carbocycles. The van der Waals surface area contributed by atoms with Crippen molar-refractivity contribution in [3.63, 3.8) is 0 Å². The van der Waals surface area contributed by atoms with Gasteiger partial charge in [-0.1, -0.05) is 11.6 Å². The summed E-state index contributed by atoms with van der Waals surface area (Å²) in [4.78, 5) is 21.3. The second-order valence-electron chi connectivity index (χ2n) is 3.55. The molecule has 108 valence electrons. The van der Waals surface area contributed by atoms with Crippen molar-refractivity contribution in [3.05, 3.63) is 16.4 Å². The molecule has 1 heterocycles. The lowest BCUT2D eigenvalue weighted by Crippen LogP contribution is -2.09. The number of amides is 1. The largest absolute Gasteiger partial charge is 0.435 e. The van der Waals surface area contributed by atoms with Gasteiger partial charge < -0.3 is 4.90 Å². The number of aldehydes is 1. The molecule has 0 bridgehead atoms. The summed E-state index contributed by atoms with van der Waals surface area (Å²) < 4.78 is 37.7. The number of halogens is 4. The fourth-order valence-electron chi connectivity index (χ4n) is 0.979. The van der Waals surface area contributed by atoms with Gasteiger partial charge in [-0.2, -0.15) is 18.3 Å². The van der Waals surface area contributed by atoms with Crippen LogP contribution in [0.3, 0.4) is 0 Å². The van der Waals surface area contributed by atoms with E-state index < -0.39 is 17.4 Å². The van der Waals surface area contributed by atoms with Gasteiger partial charge in [-0.3, -0.25) is 14.3 Å². The summed E-state index contributed by atoms with van der Waals surface area (Å²) in [6, 6.07) is 0. The summed E-state index contributed by atoms with van der Waals surface area (Å²) in [6.07, 6.45) is -3.84. The lowest BCUT2D eigenvalue weighted by molar-refractivity contribution is -0.141. The molecular formula is C10H13ClF3N3O2. The molecule has 0 saturated carbocycles. The van der Waals surface area contributed by atoms with Crippen molar-refractivity contribution in [1.29, 1.82) is 0 Å². The first-order valence-corrected chi connectivity index (χ1v) is 5.47. The Bertz CT molecular complexity index is 444. The van der Waals surface area contributed by atoms with Crippen molar-refractivity contribution < 1.29 is 22.8 Å². The van der Waals surface area contributed by atoms with E-state index >= 15 is 0 Å². The minimum atomic E-state index is -4.65. The minimum Gasteiger partial charge on any atom is -0.351 e. The van der Waals surface area contributed by atoms with Crippen molar-refractivity contribution in [2.45, 2.75) is 19.6 Å². The van der Waals surface area contributed by atoms with Crippen LogP contribution in [0, 0.1) is 0 Å². The summed E-state index contributed by atoms with van der Waals surface area (Å²) in [5.74, 6) is 0. The SMILES string of the molecule is CCn1nc(C(F)(F)F)c(C=O)c1Cl.CN(C)C=O. The number of hydrogen-bond acceptors (Lipinski definition) is 3. The molecule has 0 radical (unpaired) electrons. The average Bonchev–Trinajstić information content (AvgIpc) is 2.66. The predicted molar refractivity (Wildman–Crippen MR) is 63.1 cm³/mol. The molecule has 1 aromatic heterocycles. The third-order valence-electron chi connectivity index (χ3n) is 1.82. The third-order valence-corrected chi connectivity index (χ3v) is 2.22. The first-order chi connectivity index (χ1) is 8.68.